The number of ether oxygens (including phenoxy) is 1. The van der Waals surface area contributed by atoms with Gasteiger partial charge in [0, 0.05) is 13.1 Å². The molecule has 0 aromatic heterocycles. The van der Waals surface area contributed by atoms with Crippen molar-refractivity contribution < 1.29 is 13.9 Å². The minimum Gasteiger partial charge on any atom is -0.484 e. The highest BCUT2D eigenvalue weighted by Gasteiger charge is 2.13. The van der Waals surface area contributed by atoms with Gasteiger partial charge in [0.15, 0.2) is 6.61 Å². The fourth-order valence-corrected chi connectivity index (χ4v) is 3.17. The summed E-state index contributed by atoms with van der Waals surface area (Å²) in [5.74, 6) is -0.0405. The summed E-state index contributed by atoms with van der Waals surface area (Å²) in [6, 6.07) is 13.9. The summed E-state index contributed by atoms with van der Waals surface area (Å²) in [6.45, 7) is 3.62. The van der Waals surface area contributed by atoms with Gasteiger partial charge in [0.1, 0.15) is 11.6 Å². The lowest BCUT2D eigenvalue weighted by atomic mass is 10.0. The van der Waals surface area contributed by atoms with E-state index in [-0.39, 0.29) is 18.3 Å². The number of nitrogens with zero attached hydrogens (tertiary/aromatic N) is 1. The Hall–Kier alpha value is -2.40. The van der Waals surface area contributed by atoms with E-state index in [2.05, 4.69) is 22.3 Å². The average molecular weight is 356 g/mol. The molecule has 1 aliphatic heterocycles. The number of nitrogens with one attached hydrogen (secondary N) is 1. The first-order valence-corrected chi connectivity index (χ1v) is 9.15. The number of carbonyl (C=O) groups excluding carboxylic acids is 1. The highest BCUT2D eigenvalue weighted by Crippen LogP contribution is 2.16. The van der Waals surface area contributed by atoms with Crippen molar-refractivity contribution in [3.63, 3.8) is 0 Å². The van der Waals surface area contributed by atoms with Crippen molar-refractivity contribution in [1.82, 2.24) is 10.2 Å². The molecular weight excluding hydrogens is 331 g/mol. The first-order chi connectivity index (χ1) is 12.7. The van der Waals surface area contributed by atoms with Crippen molar-refractivity contribution in [3.8, 4) is 5.75 Å². The van der Waals surface area contributed by atoms with Crippen LogP contribution in [0.3, 0.4) is 0 Å². The quantitative estimate of drug-likeness (QED) is 0.825. The molecule has 1 fully saturated rings. The Morgan fingerprint density at radius 3 is 2.42 bits per heavy atom. The Labute approximate surface area is 154 Å². The first-order valence-electron chi connectivity index (χ1n) is 9.15. The third-order valence-electron chi connectivity index (χ3n) is 4.62. The van der Waals surface area contributed by atoms with Crippen molar-refractivity contribution in [2.45, 2.75) is 32.4 Å². The van der Waals surface area contributed by atoms with E-state index in [1.807, 2.05) is 12.1 Å². The van der Waals surface area contributed by atoms with Gasteiger partial charge < -0.3 is 10.1 Å². The van der Waals surface area contributed by atoms with Crippen molar-refractivity contribution in [2.75, 3.05) is 19.7 Å². The van der Waals surface area contributed by atoms with Gasteiger partial charge in [-0.1, -0.05) is 30.7 Å². The van der Waals surface area contributed by atoms with E-state index in [1.165, 1.54) is 49.1 Å². The van der Waals surface area contributed by atoms with Gasteiger partial charge in [-0.05, 0) is 61.3 Å². The van der Waals surface area contributed by atoms with Crippen LogP contribution in [0.5, 0.6) is 5.75 Å². The van der Waals surface area contributed by atoms with E-state index < -0.39 is 0 Å². The summed E-state index contributed by atoms with van der Waals surface area (Å²) in [7, 11) is 0. The molecule has 5 heteroatoms. The number of hydrogen-bond donors (Lipinski definition) is 1. The number of piperidine rings is 1. The third kappa shape index (κ3) is 5.56. The number of carbonyl (C=O) groups is 1. The summed E-state index contributed by atoms with van der Waals surface area (Å²) >= 11 is 0. The van der Waals surface area contributed by atoms with Gasteiger partial charge in [0.25, 0.3) is 5.91 Å². The van der Waals surface area contributed by atoms with Crippen LogP contribution in [0.15, 0.2) is 48.5 Å². The van der Waals surface area contributed by atoms with Gasteiger partial charge in [-0.25, -0.2) is 4.39 Å². The fourth-order valence-electron chi connectivity index (χ4n) is 3.17. The maximum atomic E-state index is 12.9. The van der Waals surface area contributed by atoms with E-state index in [0.717, 1.165) is 25.2 Å². The van der Waals surface area contributed by atoms with Gasteiger partial charge in [0.05, 0.1) is 0 Å². The maximum absolute atomic E-state index is 12.9. The Kier molecular flexibility index (Phi) is 6.61. The van der Waals surface area contributed by atoms with E-state index in [1.54, 1.807) is 0 Å². The van der Waals surface area contributed by atoms with Gasteiger partial charge in [-0.2, -0.15) is 0 Å². The number of amides is 1. The van der Waals surface area contributed by atoms with Crippen LogP contribution in [-0.4, -0.2) is 30.5 Å². The predicted octanol–water partition coefficient (Wildman–Crippen LogP) is 3.51. The molecule has 0 bridgehead atoms. The molecule has 0 unspecified atom stereocenters. The third-order valence-corrected chi connectivity index (χ3v) is 4.62. The van der Waals surface area contributed by atoms with Crippen molar-refractivity contribution >= 4 is 5.91 Å². The summed E-state index contributed by atoms with van der Waals surface area (Å²) in [4.78, 5) is 14.5. The minimum atomic E-state index is -0.327. The Balaban J connectivity index is 1.49. The Morgan fingerprint density at radius 1 is 1.00 bits per heavy atom. The second-order valence-electron chi connectivity index (χ2n) is 6.62. The van der Waals surface area contributed by atoms with Crippen LogP contribution in [-0.2, 0) is 17.9 Å². The summed E-state index contributed by atoms with van der Waals surface area (Å²) in [5, 5.41) is 2.90. The number of rotatable bonds is 7. The van der Waals surface area contributed by atoms with Gasteiger partial charge in [0.2, 0.25) is 0 Å². The van der Waals surface area contributed by atoms with Gasteiger partial charge in [-0.15, -0.1) is 0 Å². The van der Waals surface area contributed by atoms with Crippen LogP contribution >= 0.6 is 0 Å². The molecule has 3 rings (SSSR count). The Bertz CT molecular complexity index is 712. The number of halogens is 1. The number of benzene rings is 2. The standard InChI is InChI=1S/C21H25FN2O2/c22-19-8-10-20(11-9-19)26-16-21(25)23-14-17-6-2-3-7-18(17)15-24-12-4-1-5-13-24/h2-3,6-11H,1,4-5,12-16H2,(H,23,25). The van der Waals surface area contributed by atoms with E-state index in [9.17, 15) is 9.18 Å². The molecule has 0 radical (unpaired) electrons. The fraction of sp³-hybridized carbons (Fsp3) is 0.381. The average Bonchev–Trinajstić information content (AvgIpc) is 2.68. The summed E-state index contributed by atoms with van der Waals surface area (Å²) in [6.07, 6.45) is 3.85. The van der Waals surface area contributed by atoms with Crippen LogP contribution in [0, 0.1) is 5.82 Å². The lowest BCUT2D eigenvalue weighted by Gasteiger charge is -2.27. The van der Waals surface area contributed by atoms with Crippen LogP contribution in [0.25, 0.3) is 0 Å². The van der Waals surface area contributed by atoms with Gasteiger partial charge in [-0.3, -0.25) is 9.69 Å². The molecule has 4 nitrogen and oxygen atoms in total. The molecular formula is C21H25FN2O2. The molecule has 0 atom stereocenters. The van der Waals surface area contributed by atoms with E-state index in [0.29, 0.717) is 12.3 Å². The van der Waals surface area contributed by atoms with Crippen LogP contribution in [0.4, 0.5) is 4.39 Å². The molecule has 138 valence electrons. The molecule has 2 aromatic rings. The zero-order chi connectivity index (χ0) is 18.2. The SMILES string of the molecule is O=C(COc1ccc(F)cc1)NCc1ccccc1CN1CCCCC1. The molecule has 1 amide bonds. The van der Waals surface area contributed by atoms with E-state index in [4.69, 9.17) is 4.74 Å². The number of hydrogen-bond acceptors (Lipinski definition) is 3. The molecule has 26 heavy (non-hydrogen) atoms. The lowest BCUT2D eigenvalue weighted by Crippen LogP contribution is -2.31. The van der Waals surface area contributed by atoms with E-state index >= 15 is 0 Å². The zero-order valence-electron chi connectivity index (χ0n) is 14.9. The topological polar surface area (TPSA) is 41.6 Å². The molecule has 1 N–H and O–H groups in total. The largest absolute Gasteiger partial charge is 0.484 e. The second-order valence-corrected chi connectivity index (χ2v) is 6.62. The highest BCUT2D eigenvalue weighted by molar-refractivity contribution is 5.77. The lowest BCUT2D eigenvalue weighted by molar-refractivity contribution is -0.123. The van der Waals surface area contributed by atoms with Crippen molar-refractivity contribution in [1.29, 1.82) is 0 Å². The van der Waals surface area contributed by atoms with Crippen LogP contribution < -0.4 is 10.1 Å². The molecule has 1 heterocycles. The summed E-state index contributed by atoms with van der Waals surface area (Å²) in [5.41, 5.74) is 2.39. The second kappa shape index (κ2) is 9.34. The Morgan fingerprint density at radius 2 is 1.69 bits per heavy atom. The summed E-state index contributed by atoms with van der Waals surface area (Å²) < 4.78 is 18.2. The first kappa shape index (κ1) is 18.4. The van der Waals surface area contributed by atoms with Crippen molar-refractivity contribution in [3.05, 3.63) is 65.5 Å². The molecule has 1 aliphatic rings. The molecule has 2 aromatic carbocycles. The van der Waals surface area contributed by atoms with Crippen molar-refractivity contribution in [2.24, 2.45) is 0 Å². The molecule has 0 aliphatic carbocycles. The normalized spacial score (nSPS) is 14.8. The highest BCUT2D eigenvalue weighted by atomic mass is 19.1. The predicted molar refractivity (Wildman–Crippen MR) is 99.3 cm³/mol. The molecule has 1 saturated heterocycles. The zero-order valence-corrected chi connectivity index (χ0v) is 14.9. The molecule has 0 spiro atoms. The minimum absolute atomic E-state index is 0.0834. The van der Waals surface area contributed by atoms with Crippen LogP contribution in [0.1, 0.15) is 30.4 Å². The molecule has 0 saturated carbocycles. The number of likely N-dealkylation sites (tertiary alicyclic amines) is 1. The monoisotopic (exact) mass is 356 g/mol. The van der Waals surface area contributed by atoms with Crippen LogP contribution in [0.2, 0.25) is 0 Å². The van der Waals surface area contributed by atoms with Gasteiger partial charge >= 0.3 is 0 Å². The smallest absolute Gasteiger partial charge is 0.258 e. The maximum Gasteiger partial charge on any atom is 0.258 e.